The second-order valence-electron chi connectivity index (χ2n) is 7.00. The van der Waals surface area contributed by atoms with Crippen LogP contribution in [0.5, 0.6) is 0 Å². The van der Waals surface area contributed by atoms with Crippen LogP contribution in [0, 0.1) is 17.5 Å². The molecule has 31 heavy (non-hydrogen) atoms. The van der Waals surface area contributed by atoms with Crippen LogP contribution in [-0.4, -0.2) is 41.0 Å². The van der Waals surface area contributed by atoms with E-state index in [9.17, 15) is 36.6 Å². The molecule has 0 unspecified atom stereocenters. The summed E-state index contributed by atoms with van der Waals surface area (Å²) in [7, 11) is 0. The van der Waals surface area contributed by atoms with Crippen LogP contribution >= 0.6 is 11.6 Å². The molecule has 0 atom stereocenters. The zero-order valence-electron chi connectivity index (χ0n) is 15.8. The van der Waals surface area contributed by atoms with Crippen molar-refractivity contribution in [2.45, 2.75) is 24.9 Å². The normalized spacial score (nSPS) is 15.1. The van der Waals surface area contributed by atoms with Gasteiger partial charge in [-0.25, -0.2) is 13.2 Å². The molecule has 0 aromatic heterocycles. The first-order valence-corrected chi connectivity index (χ1v) is 9.49. The molecule has 2 aromatic rings. The number of alkyl halides is 2. The third-order valence-electron chi connectivity index (χ3n) is 4.83. The Labute approximate surface area is 178 Å². The molecule has 1 aliphatic heterocycles. The maximum Gasteiger partial charge on any atom is 0.351 e. The van der Waals surface area contributed by atoms with Gasteiger partial charge in [-0.05, 0) is 31.0 Å². The lowest BCUT2D eigenvalue weighted by Crippen LogP contribution is -2.47. The van der Waals surface area contributed by atoms with Crippen molar-refractivity contribution in [3.63, 3.8) is 0 Å². The van der Waals surface area contributed by atoms with Gasteiger partial charge < -0.3 is 15.3 Å². The zero-order chi connectivity index (χ0) is 22.9. The van der Waals surface area contributed by atoms with Gasteiger partial charge in [0, 0.05) is 36.5 Å². The van der Waals surface area contributed by atoms with E-state index in [1.165, 1.54) is 0 Å². The van der Waals surface area contributed by atoms with Gasteiger partial charge in [-0.2, -0.15) is 8.78 Å². The fourth-order valence-electron chi connectivity index (χ4n) is 3.12. The molecule has 2 aromatic carbocycles. The van der Waals surface area contributed by atoms with Crippen molar-refractivity contribution >= 4 is 29.1 Å². The summed E-state index contributed by atoms with van der Waals surface area (Å²) in [5.41, 5.74) is -1.73. The van der Waals surface area contributed by atoms with E-state index in [2.05, 4.69) is 5.32 Å². The van der Waals surface area contributed by atoms with E-state index in [1.54, 1.807) is 0 Å². The van der Waals surface area contributed by atoms with Crippen LogP contribution in [0.2, 0.25) is 5.02 Å². The molecule has 0 bridgehead atoms. The first kappa shape index (κ1) is 23.0. The molecule has 2 amide bonds. The fourth-order valence-corrected chi connectivity index (χ4v) is 3.36. The average Bonchev–Trinajstić information content (AvgIpc) is 2.72. The van der Waals surface area contributed by atoms with Gasteiger partial charge in [0.25, 0.3) is 11.8 Å². The monoisotopic (exact) mass is 462 g/mol. The summed E-state index contributed by atoms with van der Waals surface area (Å²) in [6.45, 7) is -0.121. The number of hydrogen-bond acceptors (Lipinski definition) is 3. The van der Waals surface area contributed by atoms with Crippen molar-refractivity contribution in [2.75, 3.05) is 18.4 Å². The highest BCUT2D eigenvalue weighted by Gasteiger charge is 2.46. The fraction of sp³-hybridized carbons (Fsp3) is 0.300. The number of nitrogens with one attached hydrogen (secondary N) is 1. The predicted octanol–water partition coefficient (Wildman–Crippen LogP) is 4.08. The smallest absolute Gasteiger partial charge is 0.351 e. The first-order chi connectivity index (χ1) is 14.5. The maximum atomic E-state index is 14.9. The van der Waals surface area contributed by atoms with Crippen LogP contribution in [0.25, 0.3) is 0 Å². The van der Waals surface area contributed by atoms with Crippen LogP contribution in [-0.2, 0) is 10.7 Å². The summed E-state index contributed by atoms with van der Waals surface area (Å²) in [5.74, 6) is -11.4. The van der Waals surface area contributed by atoms with E-state index in [-0.39, 0.29) is 31.5 Å². The van der Waals surface area contributed by atoms with E-state index in [0.29, 0.717) is 18.2 Å². The van der Waals surface area contributed by atoms with Gasteiger partial charge in [-0.15, -0.1) is 0 Å². The lowest BCUT2D eigenvalue weighted by atomic mass is 10.0. The molecule has 166 valence electrons. The Morgan fingerprint density at radius 1 is 1.06 bits per heavy atom. The largest absolute Gasteiger partial charge is 0.393 e. The third kappa shape index (κ3) is 4.80. The van der Waals surface area contributed by atoms with Gasteiger partial charge in [-0.1, -0.05) is 11.6 Å². The number of aliphatic hydroxyl groups is 1. The molecule has 3 rings (SSSR count). The zero-order valence-corrected chi connectivity index (χ0v) is 16.5. The molecular formula is C20H16ClF5N2O3. The molecular weight excluding hydrogens is 447 g/mol. The number of benzene rings is 2. The van der Waals surface area contributed by atoms with Gasteiger partial charge in [0.1, 0.15) is 0 Å². The SMILES string of the molecule is O=C(Nc1cc(F)c(F)c(F)c1)c1ccc(Cl)c(C(F)(F)C(=O)N2CCC(O)CC2)c1. The minimum atomic E-state index is -4.07. The Kier molecular flexibility index (Phi) is 6.51. The molecule has 0 spiro atoms. The van der Waals surface area contributed by atoms with Gasteiger partial charge in [0.15, 0.2) is 17.5 Å². The van der Waals surface area contributed by atoms with Crippen LogP contribution in [0.1, 0.15) is 28.8 Å². The van der Waals surface area contributed by atoms with E-state index in [4.69, 9.17) is 11.6 Å². The summed E-state index contributed by atoms with van der Waals surface area (Å²) in [6, 6.07) is 3.81. The minimum Gasteiger partial charge on any atom is -0.393 e. The number of aliphatic hydroxyl groups excluding tert-OH is 1. The number of amides is 2. The molecule has 5 nitrogen and oxygen atoms in total. The Morgan fingerprint density at radius 2 is 1.65 bits per heavy atom. The highest BCUT2D eigenvalue weighted by Crippen LogP contribution is 2.36. The van der Waals surface area contributed by atoms with Crippen molar-refractivity contribution in [3.05, 3.63) is 63.9 Å². The van der Waals surface area contributed by atoms with E-state index in [1.807, 2.05) is 0 Å². The van der Waals surface area contributed by atoms with Crippen molar-refractivity contribution in [1.82, 2.24) is 4.90 Å². The molecule has 0 radical (unpaired) electrons. The summed E-state index contributed by atoms with van der Waals surface area (Å²) in [5, 5.41) is 11.1. The Hall–Kier alpha value is -2.72. The number of piperidine rings is 1. The summed E-state index contributed by atoms with van der Waals surface area (Å²) in [4.78, 5) is 25.6. The van der Waals surface area contributed by atoms with Crippen LogP contribution in [0.15, 0.2) is 30.3 Å². The number of likely N-dealkylation sites (tertiary alicyclic amines) is 1. The number of carbonyl (C=O) groups excluding carboxylic acids is 2. The Morgan fingerprint density at radius 3 is 2.23 bits per heavy atom. The molecule has 0 aliphatic carbocycles. The van der Waals surface area contributed by atoms with E-state index in [0.717, 1.165) is 17.0 Å². The number of nitrogens with zero attached hydrogens (tertiary/aromatic N) is 1. The summed E-state index contributed by atoms with van der Waals surface area (Å²) < 4.78 is 69.5. The van der Waals surface area contributed by atoms with Crippen molar-refractivity contribution < 1.29 is 36.6 Å². The topological polar surface area (TPSA) is 69.6 Å². The number of hydrogen-bond donors (Lipinski definition) is 2. The summed E-state index contributed by atoms with van der Waals surface area (Å²) in [6.07, 6.45) is -0.361. The molecule has 0 saturated carbocycles. The lowest BCUT2D eigenvalue weighted by Gasteiger charge is -2.32. The summed E-state index contributed by atoms with van der Waals surface area (Å²) >= 11 is 5.85. The quantitative estimate of drug-likeness (QED) is 0.531. The number of rotatable bonds is 4. The van der Waals surface area contributed by atoms with Gasteiger partial charge in [-0.3, -0.25) is 9.59 Å². The van der Waals surface area contributed by atoms with Crippen molar-refractivity contribution in [3.8, 4) is 0 Å². The van der Waals surface area contributed by atoms with Gasteiger partial charge in [0.2, 0.25) is 0 Å². The lowest BCUT2D eigenvalue weighted by molar-refractivity contribution is -0.161. The van der Waals surface area contributed by atoms with Crippen LogP contribution in [0.3, 0.4) is 0 Å². The second kappa shape index (κ2) is 8.80. The first-order valence-electron chi connectivity index (χ1n) is 9.12. The van der Waals surface area contributed by atoms with E-state index < -0.39 is 57.6 Å². The van der Waals surface area contributed by atoms with E-state index >= 15 is 0 Å². The predicted molar refractivity (Wildman–Crippen MR) is 101 cm³/mol. The Bertz CT molecular complexity index is 1000. The van der Waals surface area contributed by atoms with Crippen LogP contribution in [0.4, 0.5) is 27.6 Å². The van der Waals surface area contributed by atoms with Crippen molar-refractivity contribution in [2.24, 2.45) is 0 Å². The average molecular weight is 463 g/mol. The van der Waals surface area contributed by atoms with Gasteiger partial charge >= 0.3 is 5.92 Å². The highest BCUT2D eigenvalue weighted by molar-refractivity contribution is 6.32. The molecule has 1 saturated heterocycles. The standard InChI is InChI=1S/C20H16ClF5N2O3/c21-14-2-1-10(18(30)27-11-8-15(22)17(24)16(23)9-11)7-13(14)20(25,26)19(31)28-5-3-12(29)4-6-28/h1-2,7-9,12,29H,3-6H2,(H,27,30). The van der Waals surface area contributed by atoms with Crippen LogP contribution < -0.4 is 5.32 Å². The molecule has 2 N–H and O–H groups in total. The number of halogens is 6. The molecule has 1 fully saturated rings. The van der Waals surface area contributed by atoms with Crippen molar-refractivity contribution in [1.29, 1.82) is 0 Å². The third-order valence-corrected chi connectivity index (χ3v) is 5.16. The maximum absolute atomic E-state index is 14.9. The highest BCUT2D eigenvalue weighted by atomic mass is 35.5. The second-order valence-corrected chi connectivity index (χ2v) is 7.41. The molecule has 1 heterocycles. The molecule has 1 aliphatic rings. The molecule has 11 heteroatoms. The minimum absolute atomic E-state index is 0.0604. The Balaban J connectivity index is 1.85. The van der Waals surface area contributed by atoms with Gasteiger partial charge in [0.05, 0.1) is 16.7 Å². The number of carbonyl (C=O) groups is 2. The number of anilines is 1.